The minimum absolute atomic E-state index is 0.187. The summed E-state index contributed by atoms with van der Waals surface area (Å²) in [6, 6.07) is 0. The van der Waals surface area contributed by atoms with Crippen LogP contribution in [0, 0.1) is 12.3 Å². The molecule has 0 N–H and O–H groups in total. The molecule has 0 aliphatic heterocycles. The molecule has 11 heteroatoms. The predicted molar refractivity (Wildman–Crippen MR) is 132 cm³/mol. The Hall–Kier alpha value is -1.33. The zero-order valence-electron chi connectivity index (χ0n) is 21.9. The first-order valence-electron chi connectivity index (χ1n) is 12.6. The zero-order chi connectivity index (χ0) is 26.2. The number of carbonyl (C=O) groups excluding carboxylic acids is 1. The van der Waals surface area contributed by atoms with Gasteiger partial charge in [-0.05, 0) is 6.42 Å². The molecule has 0 aliphatic rings. The molecule has 0 unspecified atom stereocenters. The molecule has 0 fully saturated rings. The smallest absolute Gasteiger partial charge is 0.305 e. The summed E-state index contributed by atoms with van der Waals surface area (Å²) in [6.07, 6.45) is 6.30. The van der Waals surface area contributed by atoms with Gasteiger partial charge < -0.3 is 47.4 Å². The Labute approximate surface area is 216 Å². The van der Waals surface area contributed by atoms with Crippen molar-refractivity contribution in [1.29, 1.82) is 0 Å². The monoisotopic (exact) mass is 522 g/mol. The molecule has 36 heavy (non-hydrogen) atoms. The van der Waals surface area contributed by atoms with Crippen molar-refractivity contribution in [3.05, 3.63) is 0 Å². The molecule has 212 valence electrons. The molecule has 0 saturated carbocycles. The number of terminal acetylenes is 1. The molecule has 11 nitrogen and oxygen atoms in total. The van der Waals surface area contributed by atoms with Crippen LogP contribution in [0.4, 0.5) is 0 Å². The lowest BCUT2D eigenvalue weighted by Gasteiger charge is -2.09. The first kappa shape index (κ1) is 34.7. The van der Waals surface area contributed by atoms with Crippen molar-refractivity contribution in [2.45, 2.75) is 19.8 Å². The van der Waals surface area contributed by atoms with Crippen molar-refractivity contribution >= 4 is 5.97 Å². The van der Waals surface area contributed by atoms with Gasteiger partial charge in [-0.2, -0.15) is 0 Å². The number of hydrogen-bond acceptors (Lipinski definition) is 11. The second-order valence-electron chi connectivity index (χ2n) is 7.13. The maximum absolute atomic E-state index is 11.1. The third-order valence-corrected chi connectivity index (χ3v) is 4.11. The van der Waals surface area contributed by atoms with E-state index in [4.69, 9.17) is 53.8 Å². The van der Waals surface area contributed by atoms with E-state index in [1.165, 1.54) is 0 Å². The van der Waals surface area contributed by atoms with Crippen molar-refractivity contribution in [1.82, 2.24) is 0 Å². The topological polar surface area (TPSA) is 109 Å². The highest BCUT2D eigenvalue weighted by Gasteiger charge is 2.00. The van der Waals surface area contributed by atoms with E-state index in [1.807, 2.05) is 6.92 Å². The van der Waals surface area contributed by atoms with E-state index in [-0.39, 0.29) is 12.6 Å². The zero-order valence-corrected chi connectivity index (χ0v) is 21.9. The number of ether oxygens (including phenoxy) is 10. The molecule has 0 rings (SSSR count). The van der Waals surface area contributed by atoms with Gasteiger partial charge in [-0.25, -0.2) is 0 Å². The molecular weight excluding hydrogens is 476 g/mol. The van der Waals surface area contributed by atoms with E-state index in [9.17, 15) is 4.79 Å². The molecule has 0 aromatic rings. The van der Waals surface area contributed by atoms with Gasteiger partial charge in [0.1, 0.15) is 13.2 Å². The summed E-state index contributed by atoms with van der Waals surface area (Å²) in [5, 5.41) is 0. The minimum Gasteiger partial charge on any atom is -0.463 e. The van der Waals surface area contributed by atoms with Crippen molar-refractivity contribution in [2.24, 2.45) is 0 Å². The lowest BCUT2D eigenvalue weighted by atomic mass is 10.3. The molecule has 0 amide bonds. The molecule has 0 aromatic heterocycles. The van der Waals surface area contributed by atoms with Crippen LogP contribution in [0.3, 0.4) is 0 Å². The third-order valence-electron chi connectivity index (χ3n) is 4.11. The van der Waals surface area contributed by atoms with E-state index < -0.39 is 0 Å². The quantitative estimate of drug-likeness (QED) is 0.0769. The summed E-state index contributed by atoms with van der Waals surface area (Å²) < 4.78 is 53.2. The van der Waals surface area contributed by atoms with Gasteiger partial charge >= 0.3 is 5.97 Å². The van der Waals surface area contributed by atoms with Crippen LogP contribution in [-0.2, 0) is 52.2 Å². The molecule has 0 bridgehead atoms. The van der Waals surface area contributed by atoms with Gasteiger partial charge in [0.15, 0.2) is 0 Å². The van der Waals surface area contributed by atoms with Gasteiger partial charge in [-0.15, -0.1) is 6.42 Å². The first-order chi connectivity index (χ1) is 17.8. The van der Waals surface area contributed by atoms with Crippen LogP contribution in [0.1, 0.15) is 19.8 Å². The Balaban J connectivity index is 3.04. The van der Waals surface area contributed by atoms with Crippen LogP contribution in [0.2, 0.25) is 0 Å². The summed E-state index contributed by atoms with van der Waals surface area (Å²) >= 11 is 0. The van der Waals surface area contributed by atoms with Crippen LogP contribution in [0.15, 0.2) is 0 Å². The first-order valence-corrected chi connectivity index (χ1v) is 12.6. The van der Waals surface area contributed by atoms with Crippen molar-refractivity contribution in [2.75, 3.05) is 126 Å². The minimum atomic E-state index is -0.187. The Morgan fingerprint density at radius 3 is 1.06 bits per heavy atom. The van der Waals surface area contributed by atoms with Crippen molar-refractivity contribution in [3.8, 4) is 12.3 Å². The predicted octanol–water partition coefficient (Wildman–Crippen LogP) is 1.11. The number of esters is 1. The summed E-state index contributed by atoms with van der Waals surface area (Å²) in [5.74, 6) is 2.20. The molecule has 0 atom stereocenters. The van der Waals surface area contributed by atoms with Crippen molar-refractivity contribution in [3.63, 3.8) is 0 Å². The van der Waals surface area contributed by atoms with E-state index in [0.717, 1.165) is 6.42 Å². The fourth-order valence-corrected chi connectivity index (χ4v) is 2.38. The molecular formula is C25H46O11. The number of hydrogen-bond donors (Lipinski definition) is 0. The molecule has 0 radical (unpaired) electrons. The van der Waals surface area contributed by atoms with Gasteiger partial charge in [0.25, 0.3) is 0 Å². The van der Waals surface area contributed by atoms with Gasteiger partial charge in [0, 0.05) is 6.42 Å². The van der Waals surface area contributed by atoms with Gasteiger partial charge in [-0.1, -0.05) is 12.8 Å². The van der Waals surface area contributed by atoms with E-state index >= 15 is 0 Å². The Kier molecular flexibility index (Phi) is 30.5. The van der Waals surface area contributed by atoms with Gasteiger partial charge in [-0.3, -0.25) is 4.79 Å². The molecule has 0 spiro atoms. The highest BCUT2D eigenvalue weighted by atomic mass is 16.6. The summed E-state index contributed by atoms with van der Waals surface area (Å²) in [4.78, 5) is 11.1. The fraction of sp³-hybridized carbons (Fsp3) is 0.880. The second kappa shape index (κ2) is 31.7. The summed E-state index contributed by atoms with van der Waals surface area (Å²) in [7, 11) is 0. The highest BCUT2D eigenvalue weighted by Crippen LogP contribution is 1.91. The Morgan fingerprint density at radius 2 is 0.778 bits per heavy atom. The van der Waals surface area contributed by atoms with E-state index in [0.29, 0.717) is 125 Å². The maximum atomic E-state index is 11.1. The average Bonchev–Trinajstić information content (AvgIpc) is 2.88. The summed E-state index contributed by atoms with van der Waals surface area (Å²) in [6.45, 7) is 10.8. The van der Waals surface area contributed by atoms with E-state index in [2.05, 4.69) is 5.92 Å². The Morgan fingerprint density at radius 1 is 0.500 bits per heavy atom. The van der Waals surface area contributed by atoms with Crippen LogP contribution in [-0.4, -0.2) is 132 Å². The largest absolute Gasteiger partial charge is 0.463 e. The van der Waals surface area contributed by atoms with Crippen LogP contribution in [0.5, 0.6) is 0 Å². The lowest BCUT2D eigenvalue weighted by molar-refractivity contribution is -0.145. The Bertz CT molecular complexity index is 485. The normalized spacial score (nSPS) is 11.0. The van der Waals surface area contributed by atoms with Gasteiger partial charge in [0.05, 0.1) is 112 Å². The number of rotatable bonds is 30. The molecule has 0 aliphatic carbocycles. The van der Waals surface area contributed by atoms with Crippen LogP contribution in [0.25, 0.3) is 0 Å². The highest BCUT2D eigenvalue weighted by molar-refractivity contribution is 5.69. The number of carbonyl (C=O) groups is 1. The standard InChI is InChI=1S/C25H46O11/c1-3-5-25(26)36-24-23-35-22-21-34-20-19-33-18-17-32-16-15-31-14-13-30-12-11-29-10-9-28-8-7-27-6-4-2/h2H,3,5-24H2,1H3. The molecule has 0 aromatic carbocycles. The second-order valence-corrected chi connectivity index (χ2v) is 7.13. The lowest BCUT2D eigenvalue weighted by Crippen LogP contribution is -2.15. The SMILES string of the molecule is C#CCOCCOCCOCCOCCOCCOCCOCCOCCOCCOC(=O)CCC. The van der Waals surface area contributed by atoms with Crippen molar-refractivity contribution < 1.29 is 52.2 Å². The maximum Gasteiger partial charge on any atom is 0.305 e. The van der Waals surface area contributed by atoms with Crippen LogP contribution >= 0.6 is 0 Å². The molecule has 0 saturated heterocycles. The molecule has 0 heterocycles. The van der Waals surface area contributed by atoms with E-state index in [1.54, 1.807) is 0 Å². The van der Waals surface area contributed by atoms with Gasteiger partial charge in [0.2, 0.25) is 0 Å². The summed E-state index contributed by atoms with van der Waals surface area (Å²) in [5.41, 5.74) is 0. The average molecular weight is 523 g/mol. The third kappa shape index (κ3) is 30.7. The van der Waals surface area contributed by atoms with Crippen LogP contribution < -0.4 is 0 Å². The fourth-order valence-electron chi connectivity index (χ4n) is 2.38.